The van der Waals surface area contributed by atoms with Gasteiger partial charge in [0, 0.05) is 15.8 Å². The Morgan fingerprint density at radius 2 is 1.71 bits per heavy atom. The Bertz CT molecular complexity index is 1290. The summed E-state index contributed by atoms with van der Waals surface area (Å²) in [6.07, 6.45) is -0.0404. The van der Waals surface area contributed by atoms with E-state index in [0.29, 0.717) is 9.90 Å². The van der Waals surface area contributed by atoms with Crippen molar-refractivity contribution >= 4 is 44.9 Å². The number of nitrogens with one attached hydrogen (secondary N) is 1. The molecule has 0 saturated heterocycles. The lowest BCUT2D eigenvalue weighted by molar-refractivity contribution is -0.140. The Morgan fingerprint density at radius 1 is 1.03 bits per heavy atom. The van der Waals surface area contributed by atoms with Crippen molar-refractivity contribution in [2.24, 2.45) is 0 Å². The first kappa shape index (κ1) is 21.5. The summed E-state index contributed by atoms with van der Waals surface area (Å²) in [5.74, 6) is -3.34. The number of sulfonamides is 1. The van der Waals surface area contributed by atoms with Crippen molar-refractivity contribution in [1.29, 1.82) is 0 Å². The number of benzene rings is 2. The van der Waals surface area contributed by atoms with Gasteiger partial charge in [-0.3, -0.25) is 4.79 Å². The van der Waals surface area contributed by atoms with E-state index in [1.165, 1.54) is 24.3 Å². The molecule has 0 radical (unpaired) electrons. The molecule has 2 aromatic carbocycles. The lowest BCUT2D eigenvalue weighted by atomic mass is 10.0. The molecule has 0 aliphatic heterocycles. The van der Waals surface area contributed by atoms with Gasteiger partial charge in [-0.2, -0.15) is 4.72 Å². The van der Waals surface area contributed by atoms with E-state index in [-0.39, 0.29) is 21.8 Å². The van der Waals surface area contributed by atoms with Crippen LogP contribution < -0.4 is 4.72 Å². The maximum absolute atomic E-state index is 13.0. The molecule has 10 heteroatoms. The summed E-state index contributed by atoms with van der Waals surface area (Å²) in [7, 11) is -4.16. The highest BCUT2D eigenvalue weighted by Crippen LogP contribution is 2.53. The molecule has 3 N–H and O–H groups in total. The number of thiophene rings is 1. The van der Waals surface area contributed by atoms with Crippen molar-refractivity contribution in [3.05, 3.63) is 76.8 Å². The molecule has 1 saturated carbocycles. The van der Waals surface area contributed by atoms with Crippen molar-refractivity contribution in [3.63, 3.8) is 0 Å². The second-order valence-corrected chi connectivity index (χ2v) is 10.6. The second kappa shape index (κ2) is 7.76. The minimum absolute atomic E-state index is 0.0322. The van der Waals surface area contributed by atoms with E-state index in [1.807, 2.05) is 0 Å². The molecule has 2 unspecified atom stereocenters. The molecular formula is C21H16ClNO6S2. The third-order valence-corrected chi connectivity index (χ3v) is 8.59. The van der Waals surface area contributed by atoms with Crippen LogP contribution in [0.1, 0.15) is 28.3 Å². The van der Waals surface area contributed by atoms with Gasteiger partial charge in [-0.15, -0.1) is 11.3 Å². The quantitative estimate of drug-likeness (QED) is 0.472. The van der Waals surface area contributed by atoms with Crippen LogP contribution in [0.15, 0.2) is 64.9 Å². The average molecular weight is 478 g/mol. The number of hydrogen-bond acceptors (Lipinski definition) is 5. The third kappa shape index (κ3) is 3.97. The van der Waals surface area contributed by atoms with E-state index in [0.717, 1.165) is 16.9 Å². The number of rotatable bonds is 7. The number of carboxylic acid groups (broad SMARTS) is 2. The fourth-order valence-corrected chi connectivity index (χ4v) is 6.39. The largest absolute Gasteiger partial charge is 0.480 e. The zero-order chi connectivity index (χ0) is 22.4. The van der Waals surface area contributed by atoms with E-state index in [9.17, 15) is 28.2 Å². The smallest absolute Gasteiger partial charge is 0.335 e. The zero-order valence-corrected chi connectivity index (χ0v) is 18.2. The highest BCUT2D eigenvalue weighted by Gasteiger charge is 2.64. The lowest BCUT2D eigenvalue weighted by Gasteiger charge is -2.15. The van der Waals surface area contributed by atoms with Gasteiger partial charge >= 0.3 is 11.9 Å². The third-order valence-electron chi connectivity index (χ3n) is 5.20. The molecule has 7 nitrogen and oxygen atoms in total. The predicted molar refractivity (Wildman–Crippen MR) is 116 cm³/mol. The van der Waals surface area contributed by atoms with Crippen LogP contribution in [0.3, 0.4) is 0 Å². The molecule has 1 aromatic heterocycles. The number of aliphatic carboxylic acids is 1. The van der Waals surface area contributed by atoms with Crippen molar-refractivity contribution < 1.29 is 28.2 Å². The summed E-state index contributed by atoms with van der Waals surface area (Å²) in [6.45, 7) is 0. The molecule has 1 fully saturated rings. The van der Waals surface area contributed by atoms with Gasteiger partial charge in [-0.1, -0.05) is 41.9 Å². The fourth-order valence-electron chi connectivity index (χ4n) is 3.55. The Balaban J connectivity index is 1.64. The minimum atomic E-state index is -4.16. The summed E-state index contributed by atoms with van der Waals surface area (Å²) in [6, 6.07) is 16.0. The first-order valence-electron chi connectivity index (χ1n) is 9.09. The molecule has 1 aliphatic carbocycles. The van der Waals surface area contributed by atoms with Crippen LogP contribution in [-0.4, -0.2) is 36.1 Å². The van der Waals surface area contributed by atoms with E-state index in [2.05, 4.69) is 4.72 Å². The number of aromatic carboxylic acids is 1. The maximum atomic E-state index is 13.0. The van der Waals surface area contributed by atoms with Crippen molar-refractivity contribution in [3.8, 4) is 10.4 Å². The van der Waals surface area contributed by atoms with Crippen LogP contribution in [0.25, 0.3) is 10.4 Å². The van der Waals surface area contributed by atoms with Crippen molar-refractivity contribution in [1.82, 2.24) is 4.72 Å². The van der Waals surface area contributed by atoms with Crippen LogP contribution in [0.5, 0.6) is 0 Å². The summed E-state index contributed by atoms with van der Waals surface area (Å²) < 4.78 is 28.3. The van der Waals surface area contributed by atoms with Gasteiger partial charge in [-0.25, -0.2) is 13.2 Å². The van der Waals surface area contributed by atoms with Gasteiger partial charge in [0.05, 0.1) is 5.56 Å². The standard InChI is InChI=1S/C21H16ClNO6S2/c22-13-7-5-12(6-8-13)17-9-10-18(30-17)31(28,29)23-21(20(26)27)11-16(21)14-3-1-2-4-15(14)19(24)25/h1-10,16,23H,11H2,(H,24,25)(H,26,27). The molecule has 31 heavy (non-hydrogen) atoms. The Labute approximate surface area is 187 Å². The van der Waals surface area contributed by atoms with Gasteiger partial charge in [0.25, 0.3) is 10.0 Å². The van der Waals surface area contributed by atoms with E-state index in [1.54, 1.807) is 36.4 Å². The summed E-state index contributed by atoms with van der Waals surface area (Å²) in [5, 5.41) is 19.8. The summed E-state index contributed by atoms with van der Waals surface area (Å²) in [4.78, 5) is 24.2. The Kier molecular flexibility index (Phi) is 5.38. The van der Waals surface area contributed by atoms with Gasteiger partial charge in [-0.05, 0) is 47.9 Å². The highest BCUT2D eigenvalue weighted by molar-refractivity contribution is 7.91. The van der Waals surface area contributed by atoms with Gasteiger partial charge in [0.1, 0.15) is 9.75 Å². The Morgan fingerprint density at radius 3 is 2.35 bits per heavy atom. The minimum Gasteiger partial charge on any atom is -0.480 e. The molecular weight excluding hydrogens is 462 g/mol. The number of hydrogen-bond donors (Lipinski definition) is 3. The van der Waals surface area contributed by atoms with Gasteiger partial charge in [0.2, 0.25) is 0 Å². The van der Waals surface area contributed by atoms with Crippen molar-refractivity contribution in [2.75, 3.05) is 0 Å². The fraction of sp³-hybridized carbons (Fsp3) is 0.143. The molecule has 1 heterocycles. The summed E-state index contributed by atoms with van der Waals surface area (Å²) in [5.41, 5.74) is -0.776. The van der Waals surface area contributed by atoms with E-state index >= 15 is 0 Å². The monoisotopic (exact) mass is 477 g/mol. The molecule has 160 valence electrons. The van der Waals surface area contributed by atoms with Crippen LogP contribution in [0, 0.1) is 0 Å². The first-order valence-corrected chi connectivity index (χ1v) is 11.8. The second-order valence-electron chi connectivity index (χ2n) is 7.16. The Hall–Kier alpha value is -2.72. The lowest BCUT2D eigenvalue weighted by Crippen LogP contribution is -2.44. The van der Waals surface area contributed by atoms with Gasteiger partial charge < -0.3 is 10.2 Å². The van der Waals surface area contributed by atoms with E-state index in [4.69, 9.17) is 11.6 Å². The zero-order valence-electron chi connectivity index (χ0n) is 15.8. The van der Waals surface area contributed by atoms with Crippen molar-refractivity contribution in [2.45, 2.75) is 22.1 Å². The van der Waals surface area contributed by atoms with Crippen LogP contribution in [0.4, 0.5) is 0 Å². The molecule has 0 amide bonds. The SMILES string of the molecule is O=C(O)c1ccccc1C1CC1(NS(=O)(=O)c1ccc(-c2ccc(Cl)cc2)s1)C(=O)O. The van der Waals surface area contributed by atoms with Crippen LogP contribution in [0.2, 0.25) is 5.02 Å². The molecule has 1 aliphatic rings. The predicted octanol–water partition coefficient (Wildman–Crippen LogP) is 4.06. The number of halogens is 1. The summed E-state index contributed by atoms with van der Waals surface area (Å²) >= 11 is 6.89. The molecule has 0 spiro atoms. The molecule has 0 bridgehead atoms. The topological polar surface area (TPSA) is 121 Å². The maximum Gasteiger partial charge on any atom is 0.335 e. The number of carbonyl (C=O) groups is 2. The van der Waals surface area contributed by atoms with Gasteiger partial charge in [0.15, 0.2) is 0 Å². The molecule has 3 aromatic rings. The first-order chi connectivity index (χ1) is 14.6. The molecule has 2 atom stereocenters. The van der Waals surface area contributed by atoms with Crippen LogP contribution in [-0.2, 0) is 14.8 Å². The average Bonchev–Trinajstić information content (AvgIpc) is 3.21. The molecule has 4 rings (SSSR count). The highest BCUT2D eigenvalue weighted by atomic mass is 35.5. The number of carboxylic acids is 2. The normalized spacial score (nSPS) is 20.4. The van der Waals surface area contributed by atoms with Crippen LogP contribution >= 0.6 is 22.9 Å². The van der Waals surface area contributed by atoms with E-state index < -0.39 is 33.4 Å².